The van der Waals surface area contributed by atoms with Crippen molar-refractivity contribution in [1.82, 2.24) is 19.7 Å². The van der Waals surface area contributed by atoms with E-state index in [1.807, 2.05) is 19.1 Å². The van der Waals surface area contributed by atoms with Crippen LogP contribution in [-0.2, 0) is 6.18 Å². The predicted molar refractivity (Wildman–Crippen MR) is 89.7 cm³/mol. The van der Waals surface area contributed by atoms with E-state index >= 15 is 0 Å². The SMILES string of the molecule is C#CCOc1cc(C(F)(F)F)nn1-c1nccc(Oc2ccc(C)cc2)n1. The van der Waals surface area contributed by atoms with Crippen LogP contribution < -0.4 is 9.47 Å². The van der Waals surface area contributed by atoms with Gasteiger partial charge in [0, 0.05) is 18.3 Å². The molecule has 0 spiro atoms. The normalized spacial score (nSPS) is 11.1. The molecule has 9 heteroatoms. The molecule has 0 radical (unpaired) electrons. The van der Waals surface area contributed by atoms with E-state index in [2.05, 4.69) is 21.0 Å². The van der Waals surface area contributed by atoms with Crippen LogP contribution in [0.1, 0.15) is 11.3 Å². The smallest absolute Gasteiger partial charge is 0.435 e. The van der Waals surface area contributed by atoms with Crippen molar-refractivity contribution in [3.63, 3.8) is 0 Å². The molecule has 0 aliphatic carbocycles. The third-order valence-corrected chi connectivity index (χ3v) is 3.32. The Morgan fingerprint density at radius 1 is 1.19 bits per heavy atom. The van der Waals surface area contributed by atoms with Gasteiger partial charge in [-0.3, -0.25) is 0 Å². The summed E-state index contributed by atoms with van der Waals surface area (Å²) >= 11 is 0. The molecule has 27 heavy (non-hydrogen) atoms. The van der Waals surface area contributed by atoms with Gasteiger partial charge in [-0.25, -0.2) is 4.98 Å². The number of hydrogen-bond acceptors (Lipinski definition) is 5. The standard InChI is InChI=1S/C18H13F3N4O2/c1-3-10-26-16-11-14(18(19,20)21)24-25(16)17-22-9-8-15(23-17)27-13-6-4-12(2)5-7-13/h1,4-9,11H,10H2,2H3. The minimum atomic E-state index is -4.66. The fraction of sp³-hybridized carbons (Fsp3) is 0.167. The largest absolute Gasteiger partial charge is 0.464 e. The first-order valence-corrected chi connectivity index (χ1v) is 7.68. The van der Waals surface area contributed by atoms with E-state index in [0.29, 0.717) is 5.75 Å². The van der Waals surface area contributed by atoms with E-state index in [0.717, 1.165) is 16.3 Å². The predicted octanol–water partition coefficient (Wildman–Crippen LogP) is 3.79. The highest BCUT2D eigenvalue weighted by Gasteiger charge is 2.36. The Morgan fingerprint density at radius 3 is 2.59 bits per heavy atom. The minimum absolute atomic E-state index is 0.135. The lowest BCUT2D eigenvalue weighted by atomic mass is 10.2. The Bertz CT molecular complexity index is 976. The molecule has 2 heterocycles. The molecule has 1 aromatic carbocycles. The van der Waals surface area contributed by atoms with Crippen LogP contribution in [0.5, 0.6) is 17.5 Å². The number of hydrogen-bond donors (Lipinski definition) is 0. The highest BCUT2D eigenvalue weighted by atomic mass is 19.4. The number of benzene rings is 1. The van der Waals surface area contributed by atoms with Crippen molar-refractivity contribution in [1.29, 1.82) is 0 Å². The molecule has 138 valence electrons. The van der Waals surface area contributed by atoms with Gasteiger partial charge in [0.05, 0.1) is 0 Å². The van der Waals surface area contributed by atoms with Crippen LogP contribution in [0.25, 0.3) is 5.95 Å². The minimum Gasteiger partial charge on any atom is -0.464 e. The summed E-state index contributed by atoms with van der Waals surface area (Å²) in [6.07, 6.45) is 1.78. The molecule has 6 nitrogen and oxygen atoms in total. The van der Waals surface area contributed by atoms with E-state index in [1.165, 1.54) is 12.3 Å². The van der Waals surface area contributed by atoms with Gasteiger partial charge < -0.3 is 9.47 Å². The first kappa shape index (κ1) is 18.3. The molecular formula is C18H13F3N4O2. The van der Waals surface area contributed by atoms with Gasteiger partial charge in [-0.15, -0.1) is 6.42 Å². The molecule has 0 aliphatic heterocycles. The maximum absolute atomic E-state index is 13.0. The Morgan fingerprint density at radius 2 is 1.93 bits per heavy atom. The molecule has 0 aliphatic rings. The monoisotopic (exact) mass is 374 g/mol. The maximum Gasteiger partial charge on any atom is 0.435 e. The number of terminal acetylenes is 1. The molecule has 2 aromatic heterocycles. The van der Waals surface area contributed by atoms with Crippen molar-refractivity contribution in [3.8, 4) is 35.8 Å². The Balaban J connectivity index is 1.94. The molecule has 0 fully saturated rings. The lowest BCUT2D eigenvalue weighted by Gasteiger charge is -2.08. The third-order valence-electron chi connectivity index (χ3n) is 3.32. The van der Waals surface area contributed by atoms with Crippen LogP contribution in [0.3, 0.4) is 0 Å². The lowest BCUT2D eigenvalue weighted by molar-refractivity contribution is -0.141. The van der Waals surface area contributed by atoms with Gasteiger partial charge >= 0.3 is 6.18 Å². The summed E-state index contributed by atoms with van der Waals surface area (Å²) < 4.78 is 50.5. The van der Waals surface area contributed by atoms with Gasteiger partial charge in [0.1, 0.15) is 5.75 Å². The van der Waals surface area contributed by atoms with Gasteiger partial charge in [-0.1, -0.05) is 23.6 Å². The number of aromatic nitrogens is 4. The van der Waals surface area contributed by atoms with Crippen molar-refractivity contribution >= 4 is 0 Å². The Hall–Kier alpha value is -3.54. The highest BCUT2D eigenvalue weighted by molar-refractivity contribution is 5.32. The summed E-state index contributed by atoms with van der Waals surface area (Å²) in [6.45, 7) is 1.70. The van der Waals surface area contributed by atoms with E-state index in [1.54, 1.807) is 12.1 Å². The fourth-order valence-corrected chi connectivity index (χ4v) is 2.08. The summed E-state index contributed by atoms with van der Waals surface area (Å²) in [5.41, 5.74) is -0.0970. The van der Waals surface area contributed by atoms with Crippen LogP contribution >= 0.6 is 0 Å². The van der Waals surface area contributed by atoms with Gasteiger partial charge in [0.2, 0.25) is 11.8 Å². The fourth-order valence-electron chi connectivity index (χ4n) is 2.08. The average Bonchev–Trinajstić information content (AvgIpc) is 3.07. The van der Waals surface area contributed by atoms with Crippen LogP contribution in [-0.4, -0.2) is 26.4 Å². The maximum atomic E-state index is 13.0. The van der Waals surface area contributed by atoms with Gasteiger partial charge in [-0.2, -0.15) is 27.9 Å². The summed E-state index contributed by atoms with van der Waals surface area (Å²) in [5.74, 6) is 2.46. The molecule has 0 saturated carbocycles. The topological polar surface area (TPSA) is 62.1 Å². The van der Waals surface area contributed by atoms with E-state index in [4.69, 9.17) is 15.9 Å². The highest BCUT2D eigenvalue weighted by Crippen LogP contribution is 2.32. The first-order valence-electron chi connectivity index (χ1n) is 7.68. The van der Waals surface area contributed by atoms with Crippen molar-refractivity contribution in [2.45, 2.75) is 13.1 Å². The zero-order valence-corrected chi connectivity index (χ0v) is 14.1. The number of aryl methyl sites for hydroxylation is 1. The number of rotatable bonds is 5. The van der Waals surface area contributed by atoms with Crippen LogP contribution in [0.4, 0.5) is 13.2 Å². The van der Waals surface area contributed by atoms with Gasteiger partial charge in [0.15, 0.2) is 12.3 Å². The summed E-state index contributed by atoms with van der Waals surface area (Å²) in [4.78, 5) is 8.03. The van der Waals surface area contributed by atoms with Gasteiger partial charge in [0.25, 0.3) is 5.95 Å². The zero-order valence-electron chi connectivity index (χ0n) is 14.1. The summed E-state index contributed by atoms with van der Waals surface area (Å²) in [7, 11) is 0. The van der Waals surface area contributed by atoms with Crippen LogP contribution in [0, 0.1) is 19.3 Å². The number of ether oxygens (including phenoxy) is 2. The quantitative estimate of drug-likeness (QED) is 0.636. The lowest BCUT2D eigenvalue weighted by Crippen LogP contribution is -2.10. The van der Waals surface area contributed by atoms with Crippen molar-refractivity contribution in [2.24, 2.45) is 0 Å². The molecule has 3 aromatic rings. The van der Waals surface area contributed by atoms with Crippen molar-refractivity contribution < 1.29 is 22.6 Å². The van der Waals surface area contributed by atoms with Crippen molar-refractivity contribution in [3.05, 3.63) is 53.9 Å². The molecule has 0 atom stereocenters. The summed E-state index contributed by atoms with van der Waals surface area (Å²) in [6, 6.07) is 9.40. The third kappa shape index (κ3) is 4.36. The molecule has 0 unspecified atom stereocenters. The molecule has 0 bridgehead atoms. The van der Waals surface area contributed by atoms with Crippen LogP contribution in [0.15, 0.2) is 42.6 Å². The molecular weight excluding hydrogens is 361 g/mol. The molecule has 3 rings (SSSR count). The first-order chi connectivity index (χ1) is 12.9. The number of nitrogens with zero attached hydrogens (tertiary/aromatic N) is 4. The second-order valence-corrected chi connectivity index (χ2v) is 5.38. The molecule has 0 N–H and O–H groups in total. The van der Waals surface area contributed by atoms with E-state index < -0.39 is 11.9 Å². The van der Waals surface area contributed by atoms with Gasteiger partial charge in [-0.05, 0) is 19.1 Å². The molecule has 0 saturated heterocycles. The molecule has 0 amide bonds. The Labute approximate surface area is 152 Å². The summed E-state index contributed by atoms with van der Waals surface area (Å²) in [5, 5.41) is 3.48. The van der Waals surface area contributed by atoms with Crippen LogP contribution in [0.2, 0.25) is 0 Å². The number of alkyl halides is 3. The van der Waals surface area contributed by atoms with Crippen molar-refractivity contribution in [2.75, 3.05) is 6.61 Å². The average molecular weight is 374 g/mol. The Kier molecular flexibility index (Phi) is 4.98. The second-order valence-electron chi connectivity index (χ2n) is 5.38. The van der Waals surface area contributed by atoms with E-state index in [9.17, 15) is 13.2 Å². The second kappa shape index (κ2) is 7.37. The van der Waals surface area contributed by atoms with E-state index in [-0.39, 0.29) is 24.3 Å². The number of halogens is 3. The zero-order chi connectivity index (χ0) is 19.4.